The molecule has 1 atom stereocenters. The minimum Gasteiger partial charge on any atom is -0.396 e. The first-order valence-corrected chi connectivity index (χ1v) is 7.31. The maximum Gasteiger partial charge on any atom is 0.256 e. The van der Waals surface area contributed by atoms with Gasteiger partial charge in [-0.3, -0.25) is 4.79 Å². The lowest BCUT2D eigenvalue weighted by Crippen LogP contribution is -2.38. The van der Waals surface area contributed by atoms with Crippen molar-refractivity contribution in [1.82, 2.24) is 4.90 Å². The first-order chi connectivity index (χ1) is 10.5. The van der Waals surface area contributed by atoms with E-state index in [4.69, 9.17) is 0 Å². The van der Waals surface area contributed by atoms with Gasteiger partial charge in [-0.05, 0) is 10.8 Å². The number of rotatable bonds is 3. The number of hydrogen-bond acceptors (Lipinski definition) is 3. The molecule has 0 aromatic heterocycles. The average Bonchev–Trinajstić information content (AvgIpc) is 2.79. The SMILES string of the molecule is CC(C)(CO)CN1C(=O)c2c(ccc3ccccc23)C1C#N. The Morgan fingerprint density at radius 3 is 2.68 bits per heavy atom. The monoisotopic (exact) mass is 294 g/mol. The molecule has 1 heterocycles. The molecule has 2 aromatic rings. The Hall–Kier alpha value is -2.38. The van der Waals surface area contributed by atoms with Gasteiger partial charge in [-0.15, -0.1) is 0 Å². The van der Waals surface area contributed by atoms with E-state index in [1.807, 2.05) is 50.2 Å². The van der Waals surface area contributed by atoms with E-state index in [0.717, 1.165) is 16.3 Å². The molecule has 2 aromatic carbocycles. The Morgan fingerprint density at radius 1 is 1.27 bits per heavy atom. The minimum absolute atomic E-state index is 0.0357. The Balaban J connectivity index is 2.14. The molecule has 4 heteroatoms. The second-order valence-corrected chi connectivity index (χ2v) is 6.54. The standard InChI is InChI=1S/C18H18N2O2/c1-18(2,11-21)10-20-15(9-19)14-8-7-12-5-3-4-6-13(12)16(14)17(20)22/h3-8,15,21H,10-11H2,1-2H3. The highest BCUT2D eigenvalue weighted by molar-refractivity contribution is 6.11. The summed E-state index contributed by atoms with van der Waals surface area (Å²) in [6.45, 7) is 4.08. The summed E-state index contributed by atoms with van der Waals surface area (Å²) in [5.41, 5.74) is 0.945. The van der Waals surface area contributed by atoms with Gasteiger partial charge in [-0.2, -0.15) is 5.26 Å². The van der Waals surface area contributed by atoms with Crippen LogP contribution in [0, 0.1) is 16.7 Å². The number of nitrogens with zero attached hydrogens (tertiary/aromatic N) is 2. The smallest absolute Gasteiger partial charge is 0.256 e. The highest BCUT2D eigenvalue weighted by atomic mass is 16.3. The van der Waals surface area contributed by atoms with E-state index >= 15 is 0 Å². The van der Waals surface area contributed by atoms with E-state index in [1.54, 1.807) is 4.90 Å². The third kappa shape index (κ3) is 2.15. The molecule has 4 nitrogen and oxygen atoms in total. The summed E-state index contributed by atoms with van der Waals surface area (Å²) in [6.07, 6.45) is 0. The molecule has 1 unspecified atom stereocenters. The van der Waals surface area contributed by atoms with Gasteiger partial charge >= 0.3 is 0 Å². The number of amides is 1. The average molecular weight is 294 g/mol. The lowest BCUT2D eigenvalue weighted by Gasteiger charge is -2.30. The molecule has 0 saturated carbocycles. The second kappa shape index (κ2) is 5.11. The summed E-state index contributed by atoms with van der Waals surface area (Å²) < 4.78 is 0. The van der Waals surface area contributed by atoms with Crippen molar-refractivity contribution in [2.45, 2.75) is 19.9 Å². The number of benzene rings is 2. The summed E-state index contributed by atoms with van der Waals surface area (Å²) in [6, 6.07) is 13.2. The quantitative estimate of drug-likeness (QED) is 0.946. The molecule has 1 amide bonds. The van der Waals surface area contributed by atoms with Crippen LogP contribution in [0.2, 0.25) is 0 Å². The highest BCUT2D eigenvalue weighted by Gasteiger charge is 2.40. The third-order valence-corrected chi connectivity index (χ3v) is 4.19. The predicted molar refractivity (Wildman–Crippen MR) is 84.2 cm³/mol. The number of hydrogen-bond donors (Lipinski definition) is 1. The van der Waals surface area contributed by atoms with Gasteiger partial charge in [0.05, 0.1) is 11.6 Å². The zero-order valence-electron chi connectivity index (χ0n) is 12.7. The van der Waals surface area contributed by atoms with Crippen molar-refractivity contribution in [2.75, 3.05) is 13.2 Å². The van der Waals surface area contributed by atoms with Crippen LogP contribution in [0.5, 0.6) is 0 Å². The van der Waals surface area contributed by atoms with E-state index < -0.39 is 11.5 Å². The fourth-order valence-electron chi connectivity index (χ4n) is 3.00. The van der Waals surface area contributed by atoms with Crippen molar-refractivity contribution >= 4 is 16.7 Å². The summed E-state index contributed by atoms with van der Waals surface area (Å²) in [5, 5.41) is 20.9. The van der Waals surface area contributed by atoms with Gasteiger partial charge in [0.15, 0.2) is 0 Å². The van der Waals surface area contributed by atoms with Crippen molar-refractivity contribution in [3.8, 4) is 6.07 Å². The van der Waals surface area contributed by atoms with Crippen LogP contribution in [0.3, 0.4) is 0 Å². The highest BCUT2D eigenvalue weighted by Crippen LogP contribution is 2.39. The van der Waals surface area contributed by atoms with Gasteiger partial charge in [0.1, 0.15) is 6.04 Å². The third-order valence-electron chi connectivity index (χ3n) is 4.19. The number of nitriles is 1. The molecule has 0 aliphatic carbocycles. The first-order valence-electron chi connectivity index (χ1n) is 7.31. The van der Waals surface area contributed by atoms with E-state index in [2.05, 4.69) is 6.07 Å². The maximum absolute atomic E-state index is 12.9. The van der Waals surface area contributed by atoms with Crippen molar-refractivity contribution < 1.29 is 9.90 Å². The van der Waals surface area contributed by atoms with Gasteiger partial charge < -0.3 is 10.0 Å². The molecule has 22 heavy (non-hydrogen) atoms. The zero-order chi connectivity index (χ0) is 15.9. The van der Waals surface area contributed by atoms with Crippen LogP contribution in [0.15, 0.2) is 36.4 Å². The number of carbonyl (C=O) groups excluding carboxylic acids is 1. The Labute approximate surface area is 129 Å². The van der Waals surface area contributed by atoms with E-state index in [9.17, 15) is 15.2 Å². The van der Waals surface area contributed by atoms with Gasteiger partial charge in [-0.1, -0.05) is 50.2 Å². The number of aliphatic hydroxyl groups is 1. The van der Waals surface area contributed by atoms with Crippen molar-refractivity contribution in [3.63, 3.8) is 0 Å². The topological polar surface area (TPSA) is 64.3 Å². The van der Waals surface area contributed by atoms with Gasteiger partial charge in [0.2, 0.25) is 0 Å². The van der Waals surface area contributed by atoms with E-state index in [1.165, 1.54) is 0 Å². The normalized spacial score (nSPS) is 17.6. The summed E-state index contributed by atoms with van der Waals surface area (Å²) in [7, 11) is 0. The molecule has 0 bridgehead atoms. The number of fused-ring (bicyclic) bond motifs is 3. The van der Waals surface area contributed by atoms with Crippen molar-refractivity contribution in [1.29, 1.82) is 5.26 Å². The summed E-state index contributed by atoms with van der Waals surface area (Å²) in [5.74, 6) is -0.125. The first kappa shape index (κ1) is 14.6. The van der Waals surface area contributed by atoms with Crippen LogP contribution in [0.1, 0.15) is 35.8 Å². The van der Waals surface area contributed by atoms with Gasteiger partial charge in [0, 0.05) is 24.1 Å². The molecule has 1 aliphatic rings. The molecular formula is C18H18N2O2. The van der Waals surface area contributed by atoms with Crippen LogP contribution in [0.25, 0.3) is 10.8 Å². The largest absolute Gasteiger partial charge is 0.396 e. The molecule has 3 rings (SSSR count). The van der Waals surface area contributed by atoms with Crippen molar-refractivity contribution in [3.05, 3.63) is 47.5 Å². The Kier molecular flexibility index (Phi) is 3.38. The van der Waals surface area contributed by atoms with Crippen LogP contribution < -0.4 is 0 Å². The lowest BCUT2D eigenvalue weighted by molar-refractivity contribution is 0.0592. The van der Waals surface area contributed by atoms with Crippen molar-refractivity contribution in [2.24, 2.45) is 5.41 Å². The molecule has 1 aliphatic heterocycles. The van der Waals surface area contributed by atoms with E-state index in [-0.39, 0.29) is 12.5 Å². The zero-order valence-corrected chi connectivity index (χ0v) is 12.7. The van der Waals surface area contributed by atoms with Crippen LogP contribution in [-0.2, 0) is 0 Å². The molecule has 0 fully saturated rings. The Bertz CT molecular complexity index is 789. The molecule has 0 saturated heterocycles. The number of carbonyl (C=O) groups is 1. The summed E-state index contributed by atoms with van der Waals surface area (Å²) >= 11 is 0. The predicted octanol–water partition coefficient (Wildman–Crippen LogP) is 2.88. The lowest BCUT2D eigenvalue weighted by atomic mass is 9.93. The van der Waals surface area contributed by atoms with Gasteiger partial charge in [0.25, 0.3) is 5.91 Å². The fraction of sp³-hybridized carbons (Fsp3) is 0.333. The van der Waals surface area contributed by atoms with Crippen LogP contribution >= 0.6 is 0 Å². The molecule has 1 N–H and O–H groups in total. The second-order valence-electron chi connectivity index (χ2n) is 6.54. The number of aliphatic hydroxyl groups excluding tert-OH is 1. The molecule has 0 radical (unpaired) electrons. The minimum atomic E-state index is -0.585. The maximum atomic E-state index is 12.9. The van der Waals surface area contributed by atoms with Crippen LogP contribution in [0.4, 0.5) is 0 Å². The molecule has 0 spiro atoms. The Morgan fingerprint density at radius 2 is 2.00 bits per heavy atom. The molecule has 112 valence electrons. The summed E-state index contributed by atoms with van der Waals surface area (Å²) in [4.78, 5) is 14.4. The van der Waals surface area contributed by atoms with E-state index in [0.29, 0.717) is 12.1 Å². The fourth-order valence-corrected chi connectivity index (χ4v) is 3.00. The van der Waals surface area contributed by atoms with Crippen LogP contribution in [-0.4, -0.2) is 29.1 Å². The molecular weight excluding hydrogens is 276 g/mol. The van der Waals surface area contributed by atoms with Gasteiger partial charge in [-0.25, -0.2) is 0 Å².